The fourth-order valence-corrected chi connectivity index (χ4v) is 3.35. The number of amides is 1. The molecule has 126 valence electrons. The Hall–Kier alpha value is -1.76. The van der Waals surface area contributed by atoms with Crippen molar-refractivity contribution >= 4 is 27.8 Å². The highest BCUT2D eigenvalue weighted by atomic mass is 79.9. The monoisotopic (exact) mass is 385 g/mol. The van der Waals surface area contributed by atoms with Crippen LogP contribution in [0.15, 0.2) is 16.6 Å². The predicted octanol–water partition coefficient (Wildman–Crippen LogP) is 2.98. The van der Waals surface area contributed by atoms with Gasteiger partial charge in [0.15, 0.2) is 11.5 Å². The van der Waals surface area contributed by atoms with E-state index < -0.39 is 17.4 Å². The fraction of sp³-hybridized carbons (Fsp3) is 0.500. The summed E-state index contributed by atoms with van der Waals surface area (Å²) in [6, 6.07) is 3.16. The summed E-state index contributed by atoms with van der Waals surface area (Å²) in [4.78, 5) is 24.1. The van der Waals surface area contributed by atoms with Gasteiger partial charge in [0.25, 0.3) is 5.91 Å². The number of aliphatic carboxylic acids is 1. The van der Waals surface area contributed by atoms with Crippen molar-refractivity contribution in [2.45, 2.75) is 38.1 Å². The molecule has 0 heterocycles. The number of carbonyl (C=O) groups excluding carboxylic acids is 1. The van der Waals surface area contributed by atoms with Crippen molar-refractivity contribution in [1.82, 2.24) is 5.32 Å². The van der Waals surface area contributed by atoms with Crippen LogP contribution in [0.5, 0.6) is 11.5 Å². The van der Waals surface area contributed by atoms with Gasteiger partial charge < -0.3 is 19.9 Å². The molecule has 1 aromatic rings. The topological polar surface area (TPSA) is 84.9 Å². The largest absolute Gasteiger partial charge is 0.493 e. The maximum Gasteiger partial charge on any atom is 0.329 e. The first-order valence-corrected chi connectivity index (χ1v) is 8.29. The molecule has 0 bridgehead atoms. The second kappa shape index (κ2) is 7.21. The highest BCUT2D eigenvalue weighted by molar-refractivity contribution is 9.10. The zero-order valence-electron chi connectivity index (χ0n) is 13.1. The molecule has 0 aromatic heterocycles. The summed E-state index contributed by atoms with van der Waals surface area (Å²) in [5.41, 5.74) is -0.847. The molecule has 0 atom stereocenters. The lowest BCUT2D eigenvalue weighted by Crippen LogP contribution is -2.52. The number of benzene rings is 1. The minimum absolute atomic E-state index is 0.324. The van der Waals surface area contributed by atoms with Crippen LogP contribution in [0.1, 0.15) is 43.0 Å². The van der Waals surface area contributed by atoms with E-state index in [4.69, 9.17) is 9.47 Å². The van der Waals surface area contributed by atoms with E-state index in [0.29, 0.717) is 41.0 Å². The van der Waals surface area contributed by atoms with Gasteiger partial charge in [0.05, 0.1) is 18.2 Å². The molecule has 0 radical (unpaired) electrons. The Morgan fingerprint density at radius 2 is 2.00 bits per heavy atom. The lowest BCUT2D eigenvalue weighted by atomic mass is 9.97. The summed E-state index contributed by atoms with van der Waals surface area (Å²) in [5.74, 6) is -0.487. The number of rotatable bonds is 6. The van der Waals surface area contributed by atoms with Crippen LogP contribution in [-0.2, 0) is 4.79 Å². The Morgan fingerprint density at radius 3 is 2.52 bits per heavy atom. The molecule has 6 nitrogen and oxygen atoms in total. The summed E-state index contributed by atoms with van der Waals surface area (Å²) in [7, 11) is 1.49. The third-order valence-corrected chi connectivity index (χ3v) is 4.59. The van der Waals surface area contributed by atoms with Crippen LogP contribution in [0.3, 0.4) is 0 Å². The van der Waals surface area contributed by atoms with Crippen LogP contribution < -0.4 is 14.8 Å². The average Bonchev–Trinajstić information content (AvgIpc) is 2.99. The summed E-state index contributed by atoms with van der Waals surface area (Å²) in [6.45, 7) is 2.31. The van der Waals surface area contributed by atoms with E-state index in [-0.39, 0.29) is 0 Å². The summed E-state index contributed by atoms with van der Waals surface area (Å²) >= 11 is 3.36. The Kier molecular flexibility index (Phi) is 5.51. The third-order valence-electron chi connectivity index (χ3n) is 4.00. The van der Waals surface area contributed by atoms with E-state index in [1.165, 1.54) is 7.11 Å². The van der Waals surface area contributed by atoms with E-state index in [0.717, 1.165) is 12.8 Å². The van der Waals surface area contributed by atoms with Gasteiger partial charge in [0.2, 0.25) is 0 Å². The molecule has 23 heavy (non-hydrogen) atoms. The van der Waals surface area contributed by atoms with Crippen LogP contribution in [0.4, 0.5) is 0 Å². The first-order chi connectivity index (χ1) is 10.9. The van der Waals surface area contributed by atoms with Crippen molar-refractivity contribution in [2.24, 2.45) is 0 Å². The van der Waals surface area contributed by atoms with Crippen molar-refractivity contribution in [3.63, 3.8) is 0 Å². The zero-order chi connectivity index (χ0) is 17.0. The van der Waals surface area contributed by atoms with Crippen molar-refractivity contribution in [3.8, 4) is 11.5 Å². The number of carboxylic acids is 1. The maximum absolute atomic E-state index is 12.5. The van der Waals surface area contributed by atoms with Gasteiger partial charge >= 0.3 is 5.97 Å². The normalized spacial score (nSPS) is 16.0. The molecule has 1 saturated carbocycles. The van der Waals surface area contributed by atoms with Crippen molar-refractivity contribution in [2.75, 3.05) is 13.7 Å². The van der Waals surface area contributed by atoms with Crippen molar-refractivity contribution in [3.05, 3.63) is 22.2 Å². The number of nitrogens with one attached hydrogen (secondary N) is 1. The van der Waals surface area contributed by atoms with E-state index in [1.807, 2.05) is 6.92 Å². The molecule has 7 heteroatoms. The number of hydrogen-bond acceptors (Lipinski definition) is 4. The summed E-state index contributed by atoms with van der Waals surface area (Å²) in [5, 5.41) is 12.1. The number of carboxylic acid groups (broad SMARTS) is 1. The molecular weight excluding hydrogens is 366 g/mol. The van der Waals surface area contributed by atoms with Crippen LogP contribution in [0.2, 0.25) is 0 Å². The summed E-state index contributed by atoms with van der Waals surface area (Å²) < 4.78 is 11.3. The Morgan fingerprint density at radius 1 is 1.35 bits per heavy atom. The van der Waals surface area contributed by atoms with Gasteiger partial charge in [-0.15, -0.1) is 0 Å². The molecule has 2 rings (SSSR count). The molecule has 1 amide bonds. The molecule has 1 aliphatic rings. The van der Waals surface area contributed by atoms with E-state index >= 15 is 0 Å². The van der Waals surface area contributed by atoms with Gasteiger partial charge in [-0.1, -0.05) is 12.8 Å². The number of ether oxygens (including phenoxy) is 2. The minimum Gasteiger partial charge on any atom is -0.493 e. The molecule has 0 unspecified atom stereocenters. The molecular formula is C16H20BrNO5. The third kappa shape index (κ3) is 3.60. The first kappa shape index (κ1) is 17.6. The highest BCUT2D eigenvalue weighted by Crippen LogP contribution is 2.37. The molecule has 1 aliphatic carbocycles. The first-order valence-electron chi connectivity index (χ1n) is 7.49. The van der Waals surface area contributed by atoms with Crippen LogP contribution >= 0.6 is 15.9 Å². The maximum atomic E-state index is 12.5. The Balaban J connectivity index is 2.29. The number of methoxy groups -OCH3 is 1. The second-order valence-electron chi connectivity index (χ2n) is 5.47. The smallest absolute Gasteiger partial charge is 0.329 e. The minimum atomic E-state index is -1.17. The van der Waals surface area contributed by atoms with E-state index in [2.05, 4.69) is 21.2 Å². The second-order valence-corrected chi connectivity index (χ2v) is 6.33. The highest BCUT2D eigenvalue weighted by Gasteiger charge is 2.42. The van der Waals surface area contributed by atoms with Crippen LogP contribution in [-0.4, -0.2) is 36.2 Å². The van der Waals surface area contributed by atoms with Crippen LogP contribution in [0.25, 0.3) is 0 Å². The van der Waals surface area contributed by atoms with Gasteiger partial charge in [-0.2, -0.15) is 0 Å². The van der Waals surface area contributed by atoms with Gasteiger partial charge in [-0.3, -0.25) is 4.79 Å². The van der Waals surface area contributed by atoms with Crippen molar-refractivity contribution in [1.29, 1.82) is 0 Å². The predicted molar refractivity (Wildman–Crippen MR) is 88.2 cm³/mol. The molecule has 1 aromatic carbocycles. The standard InChI is InChI=1S/C16H20BrNO5/c1-3-23-13-11(17)8-10(9-12(13)22-2)14(19)18-16(15(20)21)6-4-5-7-16/h8-9H,3-7H2,1-2H3,(H,18,19)(H,20,21). The van der Waals surface area contributed by atoms with Crippen molar-refractivity contribution < 1.29 is 24.2 Å². The average molecular weight is 386 g/mol. The van der Waals surface area contributed by atoms with E-state index in [9.17, 15) is 14.7 Å². The molecule has 2 N–H and O–H groups in total. The molecule has 0 aliphatic heterocycles. The number of carbonyl (C=O) groups is 2. The fourth-order valence-electron chi connectivity index (χ4n) is 2.80. The molecule has 0 spiro atoms. The Labute approximate surface area is 143 Å². The summed E-state index contributed by atoms with van der Waals surface area (Å²) in [6.07, 6.45) is 2.48. The number of hydrogen-bond donors (Lipinski definition) is 2. The van der Waals surface area contributed by atoms with Crippen LogP contribution in [0, 0.1) is 0 Å². The Bertz CT molecular complexity index is 611. The molecule has 1 fully saturated rings. The quantitative estimate of drug-likeness (QED) is 0.785. The number of halogens is 1. The van der Waals surface area contributed by atoms with Gasteiger partial charge in [0, 0.05) is 5.56 Å². The SMILES string of the molecule is CCOc1c(Br)cc(C(=O)NC2(C(=O)O)CCCC2)cc1OC. The zero-order valence-corrected chi connectivity index (χ0v) is 14.7. The lowest BCUT2D eigenvalue weighted by Gasteiger charge is -2.25. The van der Waals surface area contributed by atoms with Gasteiger partial charge in [0.1, 0.15) is 5.54 Å². The molecule has 0 saturated heterocycles. The van der Waals surface area contributed by atoms with Gasteiger partial charge in [-0.05, 0) is 47.8 Å². The van der Waals surface area contributed by atoms with Gasteiger partial charge in [-0.25, -0.2) is 4.79 Å². The lowest BCUT2D eigenvalue weighted by molar-refractivity contribution is -0.144. The van der Waals surface area contributed by atoms with E-state index in [1.54, 1.807) is 12.1 Å².